The Labute approximate surface area is 394 Å². The Kier molecular flexibility index (Phi) is 10.3. The third-order valence-corrected chi connectivity index (χ3v) is 25.2. The molecule has 3 aromatic heterocycles. The van der Waals surface area contributed by atoms with Gasteiger partial charge in [-0.1, -0.05) is 138 Å². The summed E-state index contributed by atoms with van der Waals surface area (Å²) >= 11 is 1.88. The molecule has 0 spiro atoms. The smallest absolute Gasteiger partial charge is 0.367 e. The van der Waals surface area contributed by atoms with Crippen LogP contribution in [0.4, 0.5) is 17.2 Å². The SMILES string of the molecule is Cn1c(-c2[c-]c([Si](c3[c-]c4c(cc3)[Si](P)(c3ccccc3)c3c(ccc5sc6ccccc6c35)N4c3ccccn3)(c3ccccc3)c3ccccc3)ccc2)nc2ccccc21.[Pd+2]. The van der Waals surface area contributed by atoms with Crippen LogP contribution in [0, 0.1) is 12.1 Å². The van der Waals surface area contributed by atoms with E-state index in [2.05, 4.69) is 232 Å². The summed E-state index contributed by atoms with van der Waals surface area (Å²) in [5, 5.41) is 11.4. The normalized spacial score (nSPS) is 14.6. The minimum Gasteiger partial charge on any atom is -0.367 e. The monoisotopic (exact) mass is 980 g/mol. The van der Waals surface area contributed by atoms with E-state index >= 15 is 0 Å². The zero-order valence-corrected chi connectivity index (χ0v) is 40.2. The number of imidazole rings is 1. The summed E-state index contributed by atoms with van der Waals surface area (Å²) in [5.41, 5.74) is 5.22. The Morgan fingerprint density at radius 2 is 1.28 bits per heavy atom. The molecule has 0 fully saturated rings. The topological polar surface area (TPSA) is 34.0 Å². The van der Waals surface area contributed by atoms with E-state index in [1.807, 2.05) is 23.6 Å². The van der Waals surface area contributed by atoms with Crippen LogP contribution in [0.3, 0.4) is 0 Å². The van der Waals surface area contributed by atoms with Gasteiger partial charge in [0.05, 0.1) is 16.9 Å². The molecule has 4 heterocycles. The van der Waals surface area contributed by atoms with Gasteiger partial charge in [0.2, 0.25) is 0 Å². The molecule has 0 bridgehead atoms. The van der Waals surface area contributed by atoms with Gasteiger partial charge in [-0.15, -0.1) is 60.3 Å². The number of aromatic nitrogens is 3. The second-order valence-corrected chi connectivity index (χ2v) is 26.9. The molecule has 0 radical (unpaired) electrons. The molecule has 1 aliphatic heterocycles. The Hall–Kier alpha value is -6.07. The van der Waals surface area contributed by atoms with Crippen molar-refractivity contribution in [1.82, 2.24) is 14.5 Å². The van der Waals surface area contributed by atoms with Crippen molar-refractivity contribution in [3.63, 3.8) is 0 Å². The van der Waals surface area contributed by atoms with Crippen LogP contribution in [-0.4, -0.2) is 30.4 Å². The maximum atomic E-state index is 5.16. The maximum Gasteiger partial charge on any atom is 2.00 e. The summed E-state index contributed by atoms with van der Waals surface area (Å²) in [6.45, 7) is 0. The number of anilines is 3. The summed E-state index contributed by atoms with van der Waals surface area (Å²) in [6.07, 6.45) is 1.91. The largest absolute Gasteiger partial charge is 2.00 e. The van der Waals surface area contributed by atoms with E-state index in [0.29, 0.717) is 0 Å². The predicted octanol–water partition coefficient (Wildman–Crippen LogP) is 8.60. The van der Waals surface area contributed by atoms with Crippen molar-refractivity contribution < 1.29 is 20.4 Å². The summed E-state index contributed by atoms with van der Waals surface area (Å²) in [7, 11) is -0.407. The first-order chi connectivity index (χ1) is 31.0. The van der Waals surface area contributed by atoms with Crippen molar-refractivity contribution in [1.29, 1.82) is 0 Å². The fourth-order valence-corrected chi connectivity index (χ4v) is 21.7. The van der Waals surface area contributed by atoms with E-state index in [-0.39, 0.29) is 20.4 Å². The molecule has 0 N–H and O–H groups in total. The molecule has 12 rings (SSSR count). The Morgan fingerprint density at radius 1 is 0.609 bits per heavy atom. The molecular weight excluding hydrogens is 942 g/mol. The molecule has 0 amide bonds. The molecule has 4 nitrogen and oxygen atoms in total. The average molecular weight is 982 g/mol. The van der Waals surface area contributed by atoms with Gasteiger partial charge < -0.3 is 9.47 Å². The Balaban J connectivity index is 0.00000456. The molecule has 308 valence electrons. The van der Waals surface area contributed by atoms with Crippen molar-refractivity contribution in [2.75, 3.05) is 4.90 Å². The first kappa shape index (κ1) is 40.7. The molecule has 64 heavy (non-hydrogen) atoms. The number of para-hydroxylation sites is 2. The first-order valence-corrected chi connectivity index (χ1v) is 27.8. The minimum absolute atomic E-state index is 0. The van der Waals surface area contributed by atoms with E-state index in [9.17, 15) is 0 Å². The van der Waals surface area contributed by atoms with Crippen LogP contribution in [0.2, 0.25) is 0 Å². The molecule has 0 saturated heterocycles. The molecular formula is C55H39N4PPdSSi2. The van der Waals surface area contributed by atoms with Crippen molar-refractivity contribution in [3.8, 4) is 11.4 Å². The number of hydrogen-bond donors (Lipinski definition) is 0. The maximum absolute atomic E-state index is 5.16. The molecule has 11 aromatic rings. The second kappa shape index (κ2) is 16.2. The number of aryl methyl sites for hydroxylation is 1. The van der Waals surface area contributed by atoms with Gasteiger partial charge in [0.25, 0.3) is 0 Å². The van der Waals surface area contributed by atoms with E-state index in [1.165, 1.54) is 46.1 Å². The van der Waals surface area contributed by atoms with Gasteiger partial charge in [0, 0.05) is 39.1 Å². The van der Waals surface area contributed by atoms with Gasteiger partial charge in [-0.2, -0.15) is 23.4 Å². The Bertz CT molecular complexity index is 3470. The number of pyridine rings is 1. The summed E-state index contributed by atoms with van der Waals surface area (Å²) in [5.74, 6) is 1.76. The van der Waals surface area contributed by atoms with Crippen LogP contribution in [0.1, 0.15) is 0 Å². The summed E-state index contributed by atoms with van der Waals surface area (Å²) < 4.78 is 4.78. The van der Waals surface area contributed by atoms with Crippen LogP contribution < -0.4 is 41.2 Å². The standard InChI is InChI=1S/C55H39N4PSSi2.Pd/c1-58-46-28-13-12-27-45(46)57-55(58)38-18-17-25-42(36-38)62(39-19-5-2-6-20-39,40-21-7-3-8-22-40)43-31-34-51-48(37-43)59(52-30-15-16-35-56-52)47-32-33-50-53(44-26-11-14-29-49(44)61-50)54(47)63(51,60)41-23-9-4-10-24-41;/h2-35H,60H2,1H3;/q-2;+2. The number of fused-ring (bicyclic) bond motifs is 7. The van der Waals surface area contributed by atoms with E-state index < -0.39 is 15.8 Å². The minimum atomic E-state index is -3.18. The van der Waals surface area contributed by atoms with Gasteiger partial charge in [-0.3, -0.25) is 4.98 Å². The van der Waals surface area contributed by atoms with E-state index in [4.69, 9.17) is 9.97 Å². The van der Waals surface area contributed by atoms with Gasteiger partial charge in [-0.25, -0.2) is 4.98 Å². The van der Waals surface area contributed by atoms with Crippen LogP contribution in [0.5, 0.6) is 0 Å². The van der Waals surface area contributed by atoms with Crippen LogP contribution in [0.25, 0.3) is 42.6 Å². The zero-order valence-electron chi connectivity index (χ0n) is 34.7. The third-order valence-electron chi connectivity index (χ3n) is 12.9. The third kappa shape index (κ3) is 6.13. The number of nitrogens with zero attached hydrogens (tertiary/aromatic N) is 4. The van der Waals surface area contributed by atoms with Gasteiger partial charge in [-0.05, 0) is 58.0 Å². The van der Waals surface area contributed by atoms with E-state index in [0.717, 1.165) is 50.0 Å². The fraction of sp³-hybridized carbons (Fsp3) is 0.0182. The molecule has 2 unspecified atom stereocenters. The molecule has 0 saturated carbocycles. The quantitative estimate of drug-likeness (QED) is 0.0695. The number of benzene rings is 8. The number of rotatable bonds is 7. The number of thiophene rings is 1. The first-order valence-electron chi connectivity index (χ1n) is 21.2. The molecule has 9 heteroatoms. The van der Waals surface area contributed by atoms with E-state index in [1.54, 1.807) is 0 Å². The molecule has 0 aliphatic carbocycles. The van der Waals surface area contributed by atoms with Gasteiger partial charge >= 0.3 is 20.4 Å². The van der Waals surface area contributed by atoms with Crippen molar-refractivity contribution in [2.45, 2.75) is 0 Å². The average Bonchev–Trinajstić information content (AvgIpc) is 3.90. The molecule has 1 aliphatic rings. The van der Waals surface area contributed by atoms with Crippen molar-refractivity contribution in [2.24, 2.45) is 7.05 Å². The zero-order chi connectivity index (χ0) is 42.1. The number of hydrogen-bond acceptors (Lipinski definition) is 4. The second-order valence-electron chi connectivity index (χ2n) is 16.2. The van der Waals surface area contributed by atoms with Crippen molar-refractivity contribution >= 4 is 121 Å². The van der Waals surface area contributed by atoms with Crippen LogP contribution >= 0.6 is 20.1 Å². The predicted molar refractivity (Wildman–Crippen MR) is 274 cm³/mol. The molecule has 2 atom stereocenters. The van der Waals surface area contributed by atoms with Gasteiger partial charge in [0.15, 0.2) is 0 Å². The van der Waals surface area contributed by atoms with Crippen molar-refractivity contribution in [3.05, 3.63) is 219 Å². The summed E-state index contributed by atoms with van der Waals surface area (Å²) in [4.78, 5) is 12.7. The Morgan fingerprint density at radius 3 is 2.02 bits per heavy atom. The molecule has 8 aromatic carbocycles. The van der Waals surface area contributed by atoms with Crippen LogP contribution in [-0.2, 0) is 27.5 Å². The fourth-order valence-electron chi connectivity index (χ4n) is 10.1. The van der Waals surface area contributed by atoms with Gasteiger partial charge in [0.1, 0.15) is 21.6 Å². The van der Waals surface area contributed by atoms with Crippen LogP contribution in [0.15, 0.2) is 206 Å². The summed E-state index contributed by atoms with van der Waals surface area (Å²) in [6, 6.07) is 81.3.